The average molecular weight is 421 g/mol. The normalized spacial score (nSPS) is 11.2. The van der Waals surface area contributed by atoms with Crippen molar-refractivity contribution in [1.29, 1.82) is 0 Å². The van der Waals surface area contributed by atoms with Crippen LogP contribution in [0.2, 0.25) is 0 Å². The van der Waals surface area contributed by atoms with Crippen molar-refractivity contribution in [2.24, 2.45) is 4.36 Å². The Hall–Kier alpha value is -2.77. The maximum atomic E-state index is 12.0. The Bertz CT molecular complexity index is 1070. The Balaban J connectivity index is 2.12. The Morgan fingerprint density at radius 2 is 1.93 bits per heavy atom. The highest BCUT2D eigenvalue weighted by molar-refractivity contribution is 7.92. The third-order valence-corrected chi connectivity index (χ3v) is 4.17. The lowest BCUT2D eigenvalue weighted by atomic mass is 10.2. The van der Waals surface area contributed by atoms with Gasteiger partial charge in [0.2, 0.25) is 0 Å². The predicted molar refractivity (Wildman–Crippen MR) is 109 cm³/mol. The first kappa shape index (κ1) is 21.5. The summed E-state index contributed by atoms with van der Waals surface area (Å²) < 4.78 is 20.4. The van der Waals surface area contributed by atoms with Crippen molar-refractivity contribution in [3.8, 4) is 11.8 Å². The number of aromatic nitrogens is 2. The van der Waals surface area contributed by atoms with E-state index in [2.05, 4.69) is 31.5 Å². The Kier molecular flexibility index (Phi) is 6.53. The first-order chi connectivity index (χ1) is 12.9. The Morgan fingerprint density at radius 1 is 1.21 bits per heavy atom. The molecule has 2 rings (SSSR count). The van der Waals surface area contributed by atoms with Crippen molar-refractivity contribution in [2.75, 3.05) is 17.8 Å². The fourth-order valence-electron chi connectivity index (χ4n) is 1.79. The van der Waals surface area contributed by atoms with E-state index in [0.717, 1.165) is 0 Å². The molecule has 2 aromatic rings. The quantitative estimate of drug-likeness (QED) is 0.747. The van der Waals surface area contributed by atoms with Gasteiger partial charge in [0.25, 0.3) is 5.91 Å². The molecule has 2 amide bonds. The number of nitrogens with zero attached hydrogens (tertiary/aromatic N) is 3. The smallest absolute Gasteiger partial charge is 0.413 e. The molecule has 2 aromatic heterocycles. The fourth-order valence-corrected chi connectivity index (χ4v) is 2.95. The van der Waals surface area contributed by atoms with E-state index < -0.39 is 27.3 Å². The highest BCUT2D eigenvalue weighted by Gasteiger charge is 2.17. The molecule has 10 heteroatoms. The number of hydrogen-bond acceptors (Lipinski definition) is 7. The molecule has 0 saturated carbocycles. The maximum absolute atomic E-state index is 12.0. The van der Waals surface area contributed by atoms with Crippen LogP contribution in [0.15, 0.2) is 29.0 Å². The number of pyridine rings is 1. The summed E-state index contributed by atoms with van der Waals surface area (Å²) in [6, 6.07) is 1.53. The van der Waals surface area contributed by atoms with Crippen LogP contribution in [-0.2, 0) is 14.5 Å². The van der Waals surface area contributed by atoms with Crippen LogP contribution in [0.4, 0.5) is 9.93 Å². The number of ether oxygens (including phenoxy) is 1. The third kappa shape index (κ3) is 7.46. The SMILES string of the molecule is CC(C)(C)OC(=O)Nc1ncc(C#Cc2cncc(C(=O)N=S(C)(C)=O)c2)s1. The van der Waals surface area contributed by atoms with Gasteiger partial charge in [-0.05, 0) is 32.8 Å². The van der Waals surface area contributed by atoms with E-state index >= 15 is 0 Å². The topological polar surface area (TPSA) is 111 Å². The number of hydrogen-bond donors (Lipinski definition) is 1. The summed E-state index contributed by atoms with van der Waals surface area (Å²) in [6.07, 6.45) is 6.54. The standard InChI is InChI=1S/C18H20N4O4S2/c1-18(2,3)26-17(24)21-16-20-11-14(27-16)7-6-12-8-13(10-19-9-12)15(23)22-28(4,5)25/h8-11H,1-5H3,(H,20,21,24). The maximum Gasteiger partial charge on any atom is 0.413 e. The molecule has 0 saturated heterocycles. The van der Waals surface area contributed by atoms with E-state index in [-0.39, 0.29) is 5.56 Å². The van der Waals surface area contributed by atoms with E-state index in [1.165, 1.54) is 48.5 Å². The molecule has 1 N–H and O–H groups in total. The van der Waals surface area contributed by atoms with Gasteiger partial charge in [0.15, 0.2) is 5.13 Å². The van der Waals surface area contributed by atoms with Gasteiger partial charge < -0.3 is 4.74 Å². The minimum Gasteiger partial charge on any atom is -0.444 e. The number of thiazole rings is 1. The highest BCUT2D eigenvalue weighted by Crippen LogP contribution is 2.18. The van der Waals surface area contributed by atoms with Gasteiger partial charge in [0.05, 0.1) is 16.6 Å². The van der Waals surface area contributed by atoms with Gasteiger partial charge in [0.1, 0.15) is 5.60 Å². The summed E-state index contributed by atoms with van der Waals surface area (Å²) in [5, 5.41) is 2.91. The molecule has 0 fully saturated rings. The van der Waals surface area contributed by atoms with Crippen LogP contribution in [0.25, 0.3) is 0 Å². The van der Waals surface area contributed by atoms with Gasteiger partial charge >= 0.3 is 6.09 Å². The molecule has 0 aromatic carbocycles. The fraction of sp³-hybridized carbons (Fsp3) is 0.333. The number of carbonyl (C=O) groups excluding carboxylic acids is 2. The number of nitrogens with one attached hydrogen (secondary N) is 1. The first-order valence-electron chi connectivity index (χ1n) is 8.06. The van der Waals surface area contributed by atoms with Gasteiger partial charge in [-0.3, -0.25) is 15.1 Å². The summed E-state index contributed by atoms with van der Waals surface area (Å²) >= 11 is 1.18. The second-order valence-corrected chi connectivity index (χ2v) is 10.5. The van der Waals surface area contributed by atoms with Crippen LogP contribution in [0.5, 0.6) is 0 Å². The molecule has 0 aliphatic heterocycles. The van der Waals surface area contributed by atoms with Gasteiger partial charge in [-0.2, -0.15) is 4.36 Å². The Labute approximate surface area is 167 Å². The largest absolute Gasteiger partial charge is 0.444 e. The van der Waals surface area contributed by atoms with E-state index in [1.807, 2.05) is 0 Å². The van der Waals surface area contributed by atoms with E-state index in [4.69, 9.17) is 4.74 Å². The lowest BCUT2D eigenvalue weighted by Gasteiger charge is -2.18. The van der Waals surface area contributed by atoms with Crippen molar-refractivity contribution >= 4 is 38.2 Å². The molecule has 0 aliphatic carbocycles. The van der Waals surface area contributed by atoms with Crippen molar-refractivity contribution in [3.05, 3.63) is 40.7 Å². The van der Waals surface area contributed by atoms with Crippen LogP contribution < -0.4 is 5.32 Å². The highest BCUT2D eigenvalue weighted by atomic mass is 32.2. The second-order valence-electron chi connectivity index (χ2n) is 6.95. The summed E-state index contributed by atoms with van der Waals surface area (Å²) in [7, 11) is -2.55. The third-order valence-electron chi connectivity index (χ3n) is 2.73. The number of anilines is 1. The monoisotopic (exact) mass is 420 g/mol. The van der Waals surface area contributed by atoms with Crippen LogP contribution >= 0.6 is 11.3 Å². The molecule has 0 unspecified atom stereocenters. The summed E-state index contributed by atoms with van der Waals surface area (Å²) in [5.41, 5.74) is 0.101. The van der Waals surface area contributed by atoms with E-state index in [0.29, 0.717) is 15.6 Å². The van der Waals surface area contributed by atoms with Gasteiger partial charge in [-0.25, -0.2) is 14.0 Å². The second kappa shape index (κ2) is 8.50. The molecule has 148 valence electrons. The van der Waals surface area contributed by atoms with Gasteiger partial charge in [-0.1, -0.05) is 17.3 Å². The minimum atomic E-state index is -2.55. The summed E-state index contributed by atoms with van der Waals surface area (Å²) in [6.45, 7) is 5.31. The van der Waals surface area contributed by atoms with Crippen LogP contribution in [0.1, 0.15) is 41.6 Å². The molecule has 8 nitrogen and oxygen atoms in total. The zero-order valence-electron chi connectivity index (χ0n) is 16.1. The summed E-state index contributed by atoms with van der Waals surface area (Å²) in [4.78, 5) is 32.4. The molecule has 0 aliphatic rings. The van der Waals surface area contributed by atoms with Crippen molar-refractivity contribution in [1.82, 2.24) is 9.97 Å². The van der Waals surface area contributed by atoms with E-state index in [9.17, 15) is 13.8 Å². The minimum absolute atomic E-state index is 0.208. The average Bonchev–Trinajstić information content (AvgIpc) is 2.97. The van der Waals surface area contributed by atoms with Crippen LogP contribution in [-0.4, -0.2) is 44.3 Å². The van der Waals surface area contributed by atoms with Crippen molar-refractivity contribution in [3.63, 3.8) is 0 Å². The zero-order valence-corrected chi connectivity index (χ0v) is 17.7. The van der Waals surface area contributed by atoms with Crippen molar-refractivity contribution in [2.45, 2.75) is 26.4 Å². The van der Waals surface area contributed by atoms with Crippen LogP contribution in [0.3, 0.4) is 0 Å². The molecule has 0 bridgehead atoms. The lowest BCUT2D eigenvalue weighted by molar-refractivity contribution is 0.0635. The Morgan fingerprint density at radius 3 is 2.57 bits per heavy atom. The number of carbonyl (C=O) groups is 2. The summed E-state index contributed by atoms with van der Waals surface area (Å²) in [5.74, 6) is 5.16. The van der Waals surface area contributed by atoms with Gasteiger partial charge in [-0.15, -0.1) is 0 Å². The molecule has 0 atom stereocenters. The molecular weight excluding hydrogens is 400 g/mol. The van der Waals surface area contributed by atoms with Crippen LogP contribution in [0, 0.1) is 11.8 Å². The number of rotatable bonds is 2. The van der Waals surface area contributed by atoms with E-state index in [1.54, 1.807) is 20.8 Å². The molecular formula is C18H20N4O4S2. The lowest BCUT2D eigenvalue weighted by Crippen LogP contribution is -2.27. The molecule has 0 radical (unpaired) electrons. The molecule has 2 heterocycles. The molecule has 0 spiro atoms. The van der Waals surface area contributed by atoms with Gasteiger partial charge in [0, 0.05) is 40.2 Å². The number of amides is 2. The molecule has 28 heavy (non-hydrogen) atoms. The predicted octanol–water partition coefficient (Wildman–Crippen LogP) is 3.15. The van der Waals surface area contributed by atoms with Crippen molar-refractivity contribution < 1.29 is 18.5 Å². The first-order valence-corrected chi connectivity index (χ1v) is 11.2. The zero-order chi connectivity index (χ0) is 20.9.